The summed E-state index contributed by atoms with van der Waals surface area (Å²) in [7, 11) is 1.58. The average molecular weight is 371 g/mol. The van der Waals surface area contributed by atoms with E-state index in [9.17, 15) is 13.6 Å². The Morgan fingerprint density at radius 2 is 1.93 bits per heavy atom. The van der Waals surface area contributed by atoms with Gasteiger partial charge in [0.05, 0.1) is 26.0 Å². The summed E-state index contributed by atoms with van der Waals surface area (Å²) in [5, 5.41) is 0. The molecule has 0 amide bonds. The van der Waals surface area contributed by atoms with Crippen LogP contribution in [0.15, 0.2) is 35.9 Å². The molecular weight excluding hydrogens is 352 g/mol. The maximum atomic E-state index is 14.0. The van der Waals surface area contributed by atoms with Gasteiger partial charge in [-0.15, -0.1) is 0 Å². The Balaban J connectivity index is 1.70. The number of ether oxygens (including phenoxy) is 2. The number of Topliss-reactive ketones (excluding diaryl/α,β-unsaturated/α-hetero) is 1. The van der Waals surface area contributed by atoms with Gasteiger partial charge in [0.15, 0.2) is 5.78 Å². The molecule has 2 aromatic rings. The lowest BCUT2D eigenvalue weighted by Gasteiger charge is -2.30. The Labute approximate surface area is 156 Å². The molecule has 6 heteroatoms. The minimum Gasteiger partial charge on any atom is -0.495 e. The van der Waals surface area contributed by atoms with E-state index in [1.165, 1.54) is 18.2 Å². The molecule has 2 aromatic carbocycles. The fourth-order valence-electron chi connectivity index (χ4n) is 3.57. The van der Waals surface area contributed by atoms with E-state index in [0.29, 0.717) is 36.5 Å². The van der Waals surface area contributed by atoms with E-state index in [1.807, 2.05) is 6.07 Å². The van der Waals surface area contributed by atoms with Gasteiger partial charge in [-0.3, -0.25) is 4.79 Å². The highest BCUT2D eigenvalue weighted by Gasteiger charge is 2.28. The number of carbonyl (C=O) groups is 1. The highest BCUT2D eigenvalue weighted by atomic mass is 19.1. The molecule has 2 aliphatic rings. The first kappa shape index (κ1) is 17.7. The molecule has 0 unspecified atom stereocenters. The summed E-state index contributed by atoms with van der Waals surface area (Å²) in [5.41, 5.74) is 3.07. The summed E-state index contributed by atoms with van der Waals surface area (Å²) in [6.45, 7) is 2.81. The van der Waals surface area contributed by atoms with Crippen LogP contribution in [-0.2, 0) is 11.2 Å². The molecule has 0 atom stereocenters. The van der Waals surface area contributed by atoms with Crippen LogP contribution in [0.1, 0.15) is 21.5 Å². The van der Waals surface area contributed by atoms with E-state index in [0.717, 1.165) is 30.4 Å². The third-order valence-electron chi connectivity index (χ3n) is 4.97. The maximum absolute atomic E-state index is 14.0. The molecule has 1 fully saturated rings. The summed E-state index contributed by atoms with van der Waals surface area (Å²) >= 11 is 0. The number of methoxy groups -OCH3 is 1. The molecule has 0 N–H and O–H groups in total. The lowest BCUT2D eigenvalue weighted by atomic mass is 10.1. The predicted octanol–water partition coefficient (Wildman–Crippen LogP) is 3.63. The van der Waals surface area contributed by atoms with Crippen LogP contribution >= 0.6 is 0 Å². The standard InChI is InChI=1S/C21H19F2NO3/c1-26-20-12-17-14(10-19(20)24-4-6-27-7-5-24)9-15(21(17)25)8-13-2-3-16(22)11-18(13)23/h2-3,8,10-12H,4-7,9H2,1H3/b15-8+. The Kier molecular flexibility index (Phi) is 4.66. The monoisotopic (exact) mass is 371 g/mol. The molecule has 140 valence electrons. The van der Waals surface area contributed by atoms with Crippen molar-refractivity contribution in [2.75, 3.05) is 38.3 Å². The number of fused-ring (bicyclic) bond motifs is 1. The van der Waals surface area contributed by atoms with Crippen molar-refractivity contribution in [3.63, 3.8) is 0 Å². The summed E-state index contributed by atoms with van der Waals surface area (Å²) in [5.74, 6) is -0.841. The molecule has 4 nitrogen and oxygen atoms in total. The second kappa shape index (κ2) is 7.12. The Morgan fingerprint density at radius 1 is 1.15 bits per heavy atom. The lowest BCUT2D eigenvalue weighted by molar-refractivity contribution is 0.104. The van der Waals surface area contributed by atoms with Crippen molar-refractivity contribution in [1.82, 2.24) is 0 Å². The summed E-state index contributed by atoms with van der Waals surface area (Å²) in [4.78, 5) is 15.0. The first-order valence-corrected chi connectivity index (χ1v) is 8.81. The van der Waals surface area contributed by atoms with E-state index in [4.69, 9.17) is 9.47 Å². The fourth-order valence-corrected chi connectivity index (χ4v) is 3.57. The van der Waals surface area contributed by atoms with E-state index >= 15 is 0 Å². The molecule has 0 spiro atoms. The predicted molar refractivity (Wildman–Crippen MR) is 98.4 cm³/mol. The van der Waals surface area contributed by atoms with Crippen molar-refractivity contribution in [2.45, 2.75) is 6.42 Å². The van der Waals surface area contributed by atoms with Gasteiger partial charge in [-0.2, -0.15) is 0 Å². The molecule has 4 rings (SSSR count). The maximum Gasteiger partial charge on any atom is 0.189 e. The van der Waals surface area contributed by atoms with Gasteiger partial charge in [0, 0.05) is 42.3 Å². The molecule has 0 radical (unpaired) electrons. The van der Waals surface area contributed by atoms with Crippen LogP contribution in [-0.4, -0.2) is 39.2 Å². The number of halogens is 2. The zero-order chi connectivity index (χ0) is 19.0. The Bertz CT molecular complexity index is 933. The van der Waals surface area contributed by atoms with Crippen molar-refractivity contribution in [1.29, 1.82) is 0 Å². The number of hydrogen-bond donors (Lipinski definition) is 0. The van der Waals surface area contributed by atoms with Gasteiger partial charge in [0.2, 0.25) is 0 Å². The van der Waals surface area contributed by atoms with E-state index in [-0.39, 0.29) is 11.3 Å². The number of allylic oxidation sites excluding steroid dienone is 1. The van der Waals surface area contributed by atoms with Crippen LogP contribution in [0.2, 0.25) is 0 Å². The third-order valence-corrected chi connectivity index (χ3v) is 4.97. The second-order valence-corrected chi connectivity index (χ2v) is 6.62. The van der Waals surface area contributed by atoms with Crippen LogP contribution < -0.4 is 9.64 Å². The lowest BCUT2D eigenvalue weighted by Crippen LogP contribution is -2.36. The van der Waals surface area contributed by atoms with Crippen LogP contribution in [0.25, 0.3) is 6.08 Å². The summed E-state index contributed by atoms with van der Waals surface area (Å²) in [6.07, 6.45) is 1.91. The minimum atomic E-state index is -0.683. The van der Waals surface area contributed by atoms with Crippen molar-refractivity contribution >= 4 is 17.5 Å². The van der Waals surface area contributed by atoms with Crippen molar-refractivity contribution in [3.05, 3.63) is 64.2 Å². The van der Waals surface area contributed by atoms with Crippen LogP contribution in [0, 0.1) is 11.6 Å². The number of nitrogens with zero attached hydrogens (tertiary/aromatic N) is 1. The second-order valence-electron chi connectivity index (χ2n) is 6.62. The molecule has 1 aliphatic carbocycles. The first-order valence-electron chi connectivity index (χ1n) is 8.81. The molecule has 0 aromatic heterocycles. The van der Waals surface area contributed by atoms with Crippen LogP contribution in [0.5, 0.6) is 5.75 Å². The molecule has 1 aliphatic heterocycles. The molecule has 0 bridgehead atoms. The highest BCUT2D eigenvalue weighted by molar-refractivity contribution is 6.16. The zero-order valence-corrected chi connectivity index (χ0v) is 14.9. The van der Waals surface area contributed by atoms with E-state index in [2.05, 4.69) is 4.90 Å². The van der Waals surface area contributed by atoms with Gasteiger partial charge in [-0.1, -0.05) is 0 Å². The average Bonchev–Trinajstić information content (AvgIpc) is 2.98. The first-order chi connectivity index (χ1) is 13.1. The highest BCUT2D eigenvalue weighted by Crippen LogP contribution is 2.38. The third kappa shape index (κ3) is 3.32. The molecule has 27 heavy (non-hydrogen) atoms. The van der Waals surface area contributed by atoms with Gasteiger partial charge < -0.3 is 14.4 Å². The quantitative estimate of drug-likeness (QED) is 0.773. The van der Waals surface area contributed by atoms with Crippen LogP contribution in [0.3, 0.4) is 0 Å². The van der Waals surface area contributed by atoms with Crippen LogP contribution in [0.4, 0.5) is 14.5 Å². The van der Waals surface area contributed by atoms with Gasteiger partial charge in [0.25, 0.3) is 0 Å². The summed E-state index contributed by atoms with van der Waals surface area (Å²) in [6, 6.07) is 7.07. The number of carbonyl (C=O) groups excluding carboxylic acids is 1. The molecular formula is C21H19F2NO3. The number of anilines is 1. The van der Waals surface area contributed by atoms with Gasteiger partial charge in [-0.25, -0.2) is 8.78 Å². The molecule has 1 heterocycles. The SMILES string of the molecule is COc1cc2c(cc1N1CCOCC1)C/C(=C\c1ccc(F)cc1F)C2=O. The smallest absolute Gasteiger partial charge is 0.189 e. The largest absolute Gasteiger partial charge is 0.495 e. The van der Waals surface area contributed by atoms with E-state index < -0.39 is 11.6 Å². The number of morpholine rings is 1. The number of ketones is 1. The molecule has 1 saturated heterocycles. The van der Waals surface area contributed by atoms with Crippen molar-refractivity contribution < 1.29 is 23.0 Å². The number of hydrogen-bond acceptors (Lipinski definition) is 4. The number of benzene rings is 2. The Morgan fingerprint density at radius 3 is 2.63 bits per heavy atom. The van der Waals surface area contributed by atoms with E-state index in [1.54, 1.807) is 13.2 Å². The zero-order valence-electron chi connectivity index (χ0n) is 14.9. The van der Waals surface area contributed by atoms with Crippen molar-refractivity contribution in [3.8, 4) is 5.75 Å². The van der Waals surface area contributed by atoms with Gasteiger partial charge in [-0.05, 0) is 35.9 Å². The summed E-state index contributed by atoms with van der Waals surface area (Å²) < 4.78 is 38.0. The fraction of sp³-hybridized carbons (Fsp3) is 0.286. The number of rotatable bonds is 3. The minimum absolute atomic E-state index is 0.152. The Hall–Kier alpha value is -2.73. The topological polar surface area (TPSA) is 38.8 Å². The van der Waals surface area contributed by atoms with Gasteiger partial charge >= 0.3 is 0 Å². The van der Waals surface area contributed by atoms with Crippen molar-refractivity contribution in [2.24, 2.45) is 0 Å². The molecule has 0 saturated carbocycles. The normalized spacial score (nSPS) is 18.1. The van der Waals surface area contributed by atoms with Gasteiger partial charge in [0.1, 0.15) is 17.4 Å².